The fraction of sp³-hybridized carbons (Fsp3) is 0.360. The van der Waals surface area contributed by atoms with Crippen LogP contribution in [0, 0.1) is 0 Å². The van der Waals surface area contributed by atoms with Crippen molar-refractivity contribution >= 4 is 0 Å². The third kappa shape index (κ3) is 5.68. The van der Waals surface area contributed by atoms with E-state index in [0.717, 1.165) is 18.4 Å². The molecule has 0 unspecified atom stereocenters. The van der Waals surface area contributed by atoms with Crippen molar-refractivity contribution in [3.05, 3.63) is 91.8 Å². The van der Waals surface area contributed by atoms with E-state index in [4.69, 9.17) is 14.2 Å². The van der Waals surface area contributed by atoms with Gasteiger partial charge in [0.2, 0.25) is 0 Å². The van der Waals surface area contributed by atoms with Gasteiger partial charge in [0.1, 0.15) is 6.73 Å². The summed E-state index contributed by atoms with van der Waals surface area (Å²) in [4.78, 5) is 27.5. The molecule has 1 N–H and O–H groups in total. The minimum atomic E-state index is -0.467. The van der Waals surface area contributed by atoms with Crippen molar-refractivity contribution in [3.63, 3.8) is 0 Å². The molecule has 0 aliphatic heterocycles. The van der Waals surface area contributed by atoms with Crippen LogP contribution >= 0.6 is 0 Å². The average molecular weight is 439 g/mol. The molecule has 0 aliphatic carbocycles. The minimum absolute atomic E-state index is 0.0834. The lowest BCUT2D eigenvalue weighted by atomic mass is 10.0. The second kappa shape index (κ2) is 11.3. The molecule has 1 heterocycles. The van der Waals surface area contributed by atoms with Crippen LogP contribution in [0.2, 0.25) is 0 Å². The van der Waals surface area contributed by atoms with Crippen LogP contribution in [-0.4, -0.2) is 30.4 Å². The zero-order valence-electron chi connectivity index (χ0n) is 18.8. The second-order valence-electron chi connectivity index (χ2n) is 7.46. The van der Waals surface area contributed by atoms with E-state index >= 15 is 0 Å². The third-order valence-electron chi connectivity index (χ3n) is 5.40. The molecule has 1 aromatic heterocycles. The van der Waals surface area contributed by atoms with Crippen LogP contribution in [0.3, 0.4) is 0 Å². The lowest BCUT2D eigenvalue weighted by molar-refractivity contribution is 0.0701. The number of ether oxygens (including phenoxy) is 3. The van der Waals surface area contributed by atoms with E-state index in [9.17, 15) is 9.59 Å². The second-order valence-corrected chi connectivity index (χ2v) is 7.46. The molecule has 7 heteroatoms. The number of nitrogens with one attached hydrogen (secondary N) is 1. The smallest absolute Gasteiger partial charge is 0.330 e. The molecule has 0 saturated heterocycles. The van der Waals surface area contributed by atoms with Crippen LogP contribution in [0.15, 0.2) is 58.1 Å². The van der Waals surface area contributed by atoms with E-state index < -0.39 is 5.69 Å². The lowest BCUT2D eigenvalue weighted by Crippen LogP contribution is -2.36. The van der Waals surface area contributed by atoms with Crippen molar-refractivity contribution in [2.24, 2.45) is 0 Å². The zero-order valence-corrected chi connectivity index (χ0v) is 18.8. The van der Waals surface area contributed by atoms with Crippen LogP contribution in [-0.2, 0) is 30.7 Å². The van der Waals surface area contributed by atoms with Gasteiger partial charge < -0.3 is 14.2 Å². The van der Waals surface area contributed by atoms with E-state index in [0.29, 0.717) is 42.2 Å². The van der Waals surface area contributed by atoms with Gasteiger partial charge in [-0.05, 0) is 42.5 Å². The number of benzene rings is 2. The molecule has 2 aromatic carbocycles. The molecule has 3 aromatic rings. The summed E-state index contributed by atoms with van der Waals surface area (Å²) in [5, 5.41) is 0. The first-order valence-corrected chi connectivity index (χ1v) is 10.7. The topological polar surface area (TPSA) is 82.6 Å². The number of hydrogen-bond donors (Lipinski definition) is 1. The number of methoxy groups -OCH3 is 2. The van der Waals surface area contributed by atoms with E-state index in [1.54, 1.807) is 14.2 Å². The predicted octanol–water partition coefficient (Wildman–Crippen LogP) is 3.31. The molecule has 32 heavy (non-hydrogen) atoms. The summed E-state index contributed by atoms with van der Waals surface area (Å²) >= 11 is 0. The van der Waals surface area contributed by atoms with E-state index in [1.165, 1.54) is 10.1 Å². The Bertz CT molecular complexity index is 1140. The minimum Gasteiger partial charge on any atom is -0.493 e. The van der Waals surface area contributed by atoms with E-state index in [1.807, 2.05) is 43.3 Å². The highest BCUT2D eigenvalue weighted by Crippen LogP contribution is 2.28. The highest BCUT2D eigenvalue weighted by molar-refractivity contribution is 5.44. The first-order valence-electron chi connectivity index (χ1n) is 10.7. The van der Waals surface area contributed by atoms with Gasteiger partial charge in [-0.3, -0.25) is 14.3 Å². The molecular weight excluding hydrogens is 408 g/mol. The highest BCUT2D eigenvalue weighted by atomic mass is 16.5. The Labute approximate surface area is 187 Å². The number of aromatic nitrogens is 2. The van der Waals surface area contributed by atoms with Crippen molar-refractivity contribution in [1.29, 1.82) is 0 Å². The summed E-state index contributed by atoms with van der Waals surface area (Å²) in [6, 6.07) is 15.8. The van der Waals surface area contributed by atoms with Crippen LogP contribution in [0.4, 0.5) is 0 Å². The molecule has 0 fully saturated rings. The number of aryl methyl sites for hydroxylation is 1. The van der Waals surface area contributed by atoms with Crippen molar-refractivity contribution in [2.75, 3.05) is 20.8 Å². The monoisotopic (exact) mass is 438 g/mol. The number of rotatable bonds is 11. The van der Waals surface area contributed by atoms with Crippen LogP contribution in [0.25, 0.3) is 0 Å². The first kappa shape index (κ1) is 23.3. The molecule has 3 rings (SSSR count). The van der Waals surface area contributed by atoms with Crippen molar-refractivity contribution in [1.82, 2.24) is 9.55 Å². The maximum absolute atomic E-state index is 12.6. The first-order chi connectivity index (χ1) is 15.6. The summed E-state index contributed by atoms with van der Waals surface area (Å²) in [6.07, 6.45) is 2.65. The standard InChI is InChI=1S/C25H30N2O5/c1-4-20-21(15-19-12-13-22(30-2)23(16-19)31-3)27(25(29)26-24(20)28)17-32-14-8-11-18-9-6-5-7-10-18/h5-7,9-10,12-13,16H,4,8,11,14-15,17H2,1-3H3,(H,26,28,29). The molecule has 7 nitrogen and oxygen atoms in total. The number of hydrogen-bond acceptors (Lipinski definition) is 5. The van der Waals surface area contributed by atoms with Crippen molar-refractivity contribution in [2.45, 2.75) is 39.3 Å². The van der Waals surface area contributed by atoms with Gasteiger partial charge in [0.15, 0.2) is 11.5 Å². The van der Waals surface area contributed by atoms with Crippen LogP contribution < -0.4 is 20.7 Å². The maximum atomic E-state index is 12.6. The molecule has 0 atom stereocenters. The molecule has 0 bridgehead atoms. The van der Waals surface area contributed by atoms with Gasteiger partial charge in [0, 0.05) is 24.3 Å². The van der Waals surface area contributed by atoms with Crippen LogP contribution in [0.5, 0.6) is 11.5 Å². The molecule has 0 aliphatic rings. The zero-order chi connectivity index (χ0) is 22.9. The predicted molar refractivity (Wildman–Crippen MR) is 124 cm³/mol. The molecule has 0 spiro atoms. The highest BCUT2D eigenvalue weighted by Gasteiger charge is 2.15. The molecule has 0 saturated carbocycles. The summed E-state index contributed by atoms with van der Waals surface area (Å²) in [5.74, 6) is 1.22. The number of nitrogens with zero attached hydrogens (tertiary/aromatic N) is 1. The number of H-pyrrole nitrogens is 1. The quantitative estimate of drug-likeness (QED) is 0.465. The average Bonchev–Trinajstić information content (AvgIpc) is 2.81. The van der Waals surface area contributed by atoms with Gasteiger partial charge in [0.25, 0.3) is 5.56 Å². The fourth-order valence-electron chi connectivity index (χ4n) is 3.72. The Morgan fingerprint density at radius 3 is 2.38 bits per heavy atom. The lowest BCUT2D eigenvalue weighted by Gasteiger charge is -2.17. The number of aromatic amines is 1. The fourth-order valence-corrected chi connectivity index (χ4v) is 3.72. The summed E-state index contributed by atoms with van der Waals surface area (Å²) in [7, 11) is 3.15. The molecular formula is C25H30N2O5. The van der Waals surface area contributed by atoms with Gasteiger partial charge in [-0.2, -0.15) is 0 Å². The van der Waals surface area contributed by atoms with Gasteiger partial charge in [-0.15, -0.1) is 0 Å². The Morgan fingerprint density at radius 1 is 0.938 bits per heavy atom. The maximum Gasteiger partial charge on any atom is 0.330 e. The van der Waals surface area contributed by atoms with Gasteiger partial charge in [-0.25, -0.2) is 4.79 Å². The van der Waals surface area contributed by atoms with E-state index in [2.05, 4.69) is 17.1 Å². The summed E-state index contributed by atoms with van der Waals surface area (Å²) in [6.45, 7) is 2.50. The molecule has 170 valence electrons. The van der Waals surface area contributed by atoms with Crippen molar-refractivity contribution < 1.29 is 14.2 Å². The van der Waals surface area contributed by atoms with Gasteiger partial charge in [0.05, 0.1) is 14.2 Å². The largest absolute Gasteiger partial charge is 0.493 e. The Hall–Kier alpha value is -3.32. The van der Waals surface area contributed by atoms with Gasteiger partial charge in [-0.1, -0.05) is 43.3 Å². The van der Waals surface area contributed by atoms with Gasteiger partial charge >= 0.3 is 5.69 Å². The van der Waals surface area contributed by atoms with Crippen molar-refractivity contribution in [3.8, 4) is 11.5 Å². The van der Waals surface area contributed by atoms with Crippen LogP contribution in [0.1, 0.15) is 35.7 Å². The Morgan fingerprint density at radius 2 is 1.69 bits per heavy atom. The van der Waals surface area contributed by atoms with E-state index in [-0.39, 0.29) is 12.3 Å². The molecule has 0 radical (unpaired) electrons. The SMILES string of the molecule is CCc1c(Cc2ccc(OC)c(OC)c2)n(COCCCc2ccccc2)c(=O)[nH]c1=O. The third-order valence-corrected chi connectivity index (χ3v) is 5.40. The summed E-state index contributed by atoms with van der Waals surface area (Å²) < 4.78 is 18.0. The Kier molecular flexibility index (Phi) is 8.27. The summed E-state index contributed by atoms with van der Waals surface area (Å²) in [5.41, 5.74) is 2.56. The molecule has 0 amide bonds. The normalized spacial score (nSPS) is 10.8. The Balaban J connectivity index is 1.78.